The summed E-state index contributed by atoms with van der Waals surface area (Å²) in [6.45, 7) is 2.71. The van der Waals surface area contributed by atoms with E-state index >= 15 is 0 Å². The lowest BCUT2D eigenvalue weighted by atomic mass is 10.0. The first-order valence-electron chi connectivity index (χ1n) is 7.32. The Bertz CT molecular complexity index is 703. The molecule has 0 aromatic heterocycles. The number of unbranched alkanes of at least 4 members (excludes halogenated alkanes) is 1. The van der Waals surface area contributed by atoms with Crippen LogP contribution in [0.15, 0.2) is 36.4 Å². The lowest BCUT2D eigenvalue weighted by Crippen LogP contribution is -1.98. The Morgan fingerprint density at radius 1 is 1.17 bits per heavy atom. The van der Waals surface area contributed by atoms with E-state index in [0.29, 0.717) is 34.3 Å². The molecule has 0 unspecified atom stereocenters. The van der Waals surface area contributed by atoms with E-state index in [0.717, 1.165) is 12.8 Å². The summed E-state index contributed by atoms with van der Waals surface area (Å²) in [6, 6.07) is 9.71. The highest BCUT2D eigenvalue weighted by Gasteiger charge is 2.19. The van der Waals surface area contributed by atoms with E-state index in [1.165, 1.54) is 19.2 Å². The molecule has 0 N–H and O–H groups in total. The van der Waals surface area contributed by atoms with Crippen molar-refractivity contribution in [2.24, 2.45) is 0 Å². The molecule has 0 heterocycles. The molecule has 5 nitrogen and oxygen atoms in total. The SMILES string of the molecule is CCCCOc1ccc(-c2cc(Cl)ccc2[N+](=O)[O-])c(OC)c1. The molecule has 0 saturated heterocycles. The van der Waals surface area contributed by atoms with Crippen molar-refractivity contribution in [3.05, 3.63) is 51.5 Å². The number of nitro benzene ring substituents is 1. The molecule has 2 aromatic rings. The zero-order valence-electron chi connectivity index (χ0n) is 13.0. The minimum Gasteiger partial charge on any atom is -0.496 e. The largest absolute Gasteiger partial charge is 0.496 e. The van der Waals surface area contributed by atoms with E-state index in [2.05, 4.69) is 6.92 Å². The van der Waals surface area contributed by atoms with Crippen LogP contribution < -0.4 is 9.47 Å². The van der Waals surface area contributed by atoms with Gasteiger partial charge in [-0.05, 0) is 30.7 Å². The van der Waals surface area contributed by atoms with Gasteiger partial charge >= 0.3 is 0 Å². The van der Waals surface area contributed by atoms with Crippen LogP contribution in [0.25, 0.3) is 11.1 Å². The molecule has 0 bridgehead atoms. The number of nitro groups is 1. The van der Waals surface area contributed by atoms with Crippen molar-refractivity contribution in [1.82, 2.24) is 0 Å². The molecule has 0 aliphatic heterocycles. The quantitative estimate of drug-likeness (QED) is 0.401. The van der Waals surface area contributed by atoms with Gasteiger partial charge in [0, 0.05) is 22.7 Å². The van der Waals surface area contributed by atoms with Gasteiger partial charge in [0.05, 0.1) is 24.2 Å². The first kappa shape index (κ1) is 17.1. The van der Waals surface area contributed by atoms with Gasteiger partial charge < -0.3 is 9.47 Å². The monoisotopic (exact) mass is 335 g/mol. The summed E-state index contributed by atoms with van der Waals surface area (Å²) >= 11 is 5.99. The van der Waals surface area contributed by atoms with Crippen molar-refractivity contribution >= 4 is 17.3 Å². The molecule has 0 aliphatic carbocycles. The summed E-state index contributed by atoms with van der Waals surface area (Å²) in [6.07, 6.45) is 2.01. The third kappa shape index (κ3) is 4.13. The van der Waals surface area contributed by atoms with Crippen molar-refractivity contribution in [1.29, 1.82) is 0 Å². The summed E-state index contributed by atoms with van der Waals surface area (Å²) in [5.74, 6) is 1.17. The average Bonchev–Trinajstić information content (AvgIpc) is 2.54. The van der Waals surface area contributed by atoms with Crippen LogP contribution in [0.1, 0.15) is 19.8 Å². The molecular weight excluding hydrogens is 318 g/mol. The molecule has 0 fully saturated rings. The predicted molar refractivity (Wildman–Crippen MR) is 90.5 cm³/mol. The highest BCUT2D eigenvalue weighted by atomic mass is 35.5. The average molecular weight is 336 g/mol. The fourth-order valence-electron chi connectivity index (χ4n) is 2.20. The van der Waals surface area contributed by atoms with Crippen LogP contribution in [-0.4, -0.2) is 18.6 Å². The maximum atomic E-state index is 11.2. The van der Waals surface area contributed by atoms with Crippen LogP contribution in [0.4, 0.5) is 5.69 Å². The van der Waals surface area contributed by atoms with Crippen LogP contribution in [0.5, 0.6) is 11.5 Å². The van der Waals surface area contributed by atoms with E-state index in [1.807, 2.05) is 0 Å². The molecule has 23 heavy (non-hydrogen) atoms. The second-order valence-corrected chi connectivity index (χ2v) is 5.42. The van der Waals surface area contributed by atoms with Crippen molar-refractivity contribution in [2.75, 3.05) is 13.7 Å². The fraction of sp³-hybridized carbons (Fsp3) is 0.294. The Hall–Kier alpha value is -2.27. The molecule has 2 aromatic carbocycles. The maximum absolute atomic E-state index is 11.2. The minimum absolute atomic E-state index is 0.0210. The van der Waals surface area contributed by atoms with Crippen molar-refractivity contribution in [3.8, 4) is 22.6 Å². The Morgan fingerprint density at radius 3 is 2.61 bits per heavy atom. The number of nitrogens with zero attached hydrogens (tertiary/aromatic N) is 1. The smallest absolute Gasteiger partial charge is 0.277 e. The summed E-state index contributed by atoms with van der Waals surface area (Å²) in [4.78, 5) is 10.8. The molecular formula is C17H18ClNO4. The highest BCUT2D eigenvalue weighted by molar-refractivity contribution is 6.31. The summed E-state index contributed by atoms with van der Waals surface area (Å²) in [7, 11) is 1.52. The van der Waals surface area contributed by atoms with E-state index in [9.17, 15) is 10.1 Å². The summed E-state index contributed by atoms with van der Waals surface area (Å²) in [5, 5.41) is 11.7. The summed E-state index contributed by atoms with van der Waals surface area (Å²) in [5.41, 5.74) is 0.997. The first-order chi connectivity index (χ1) is 11.1. The standard InChI is InChI=1S/C17H18ClNO4/c1-3-4-9-23-13-6-7-14(17(11-13)22-2)15-10-12(18)5-8-16(15)19(20)21/h5-8,10-11H,3-4,9H2,1-2H3. The summed E-state index contributed by atoms with van der Waals surface area (Å²) < 4.78 is 11.0. The van der Waals surface area contributed by atoms with Gasteiger partial charge in [-0.15, -0.1) is 0 Å². The number of hydrogen-bond acceptors (Lipinski definition) is 4. The predicted octanol–water partition coefficient (Wildman–Crippen LogP) is 5.10. The zero-order valence-corrected chi connectivity index (χ0v) is 13.8. The third-order valence-electron chi connectivity index (χ3n) is 3.39. The molecule has 122 valence electrons. The van der Waals surface area contributed by atoms with Crippen LogP contribution in [0, 0.1) is 10.1 Å². The second-order valence-electron chi connectivity index (χ2n) is 4.98. The van der Waals surface area contributed by atoms with Gasteiger partial charge in [-0.1, -0.05) is 24.9 Å². The Kier molecular flexibility index (Phi) is 5.82. The van der Waals surface area contributed by atoms with Gasteiger partial charge in [0.15, 0.2) is 0 Å². The maximum Gasteiger partial charge on any atom is 0.277 e. The minimum atomic E-state index is -0.434. The first-order valence-corrected chi connectivity index (χ1v) is 7.69. The van der Waals surface area contributed by atoms with Crippen LogP contribution in [0.3, 0.4) is 0 Å². The highest BCUT2D eigenvalue weighted by Crippen LogP contribution is 2.39. The van der Waals surface area contributed by atoms with Gasteiger partial charge in [-0.25, -0.2) is 0 Å². The number of ether oxygens (including phenoxy) is 2. The Labute approximate surface area is 139 Å². The fourth-order valence-corrected chi connectivity index (χ4v) is 2.37. The van der Waals surface area contributed by atoms with E-state index in [4.69, 9.17) is 21.1 Å². The van der Waals surface area contributed by atoms with Crippen LogP contribution >= 0.6 is 11.6 Å². The van der Waals surface area contributed by atoms with E-state index in [1.54, 1.807) is 24.3 Å². The molecule has 0 radical (unpaired) electrons. The second kappa shape index (κ2) is 7.83. The molecule has 2 rings (SSSR count). The molecule has 0 aliphatic rings. The van der Waals surface area contributed by atoms with E-state index in [-0.39, 0.29) is 5.69 Å². The van der Waals surface area contributed by atoms with Crippen molar-refractivity contribution < 1.29 is 14.4 Å². The van der Waals surface area contributed by atoms with Crippen LogP contribution in [-0.2, 0) is 0 Å². The molecule has 0 amide bonds. The zero-order chi connectivity index (χ0) is 16.8. The van der Waals surface area contributed by atoms with Crippen molar-refractivity contribution in [3.63, 3.8) is 0 Å². The number of halogens is 1. The van der Waals surface area contributed by atoms with Crippen LogP contribution in [0.2, 0.25) is 5.02 Å². The third-order valence-corrected chi connectivity index (χ3v) is 3.62. The lowest BCUT2D eigenvalue weighted by Gasteiger charge is -2.12. The topological polar surface area (TPSA) is 61.6 Å². The Balaban J connectivity index is 2.43. The number of hydrogen-bond donors (Lipinski definition) is 0. The normalized spacial score (nSPS) is 10.4. The molecule has 0 atom stereocenters. The van der Waals surface area contributed by atoms with Gasteiger partial charge in [0.25, 0.3) is 5.69 Å². The molecule has 6 heteroatoms. The van der Waals surface area contributed by atoms with Crippen molar-refractivity contribution in [2.45, 2.75) is 19.8 Å². The number of methoxy groups -OCH3 is 1. The molecule has 0 saturated carbocycles. The van der Waals surface area contributed by atoms with E-state index < -0.39 is 4.92 Å². The van der Waals surface area contributed by atoms with Gasteiger partial charge in [0.2, 0.25) is 0 Å². The lowest BCUT2D eigenvalue weighted by molar-refractivity contribution is -0.384. The number of benzene rings is 2. The molecule has 0 spiro atoms. The number of rotatable bonds is 7. The van der Waals surface area contributed by atoms with Gasteiger partial charge in [-0.3, -0.25) is 10.1 Å². The van der Waals surface area contributed by atoms with Gasteiger partial charge in [0.1, 0.15) is 11.5 Å². The van der Waals surface area contributed by atoms with Gasteiger partial charge in [-0.2, -0.15) is 0 Å². The Morgan fingerprint density at radius 2 is 1.96 bits per heavy atom.